The van der Waals surface area contributed by atoms with Crippen LogP contribution in [0.2, 0.25) is 0 Å². The van der Waals surface area contributed by atoms with Crippen LogP contribution >= 0.6 is 11.8 Å². The molecule has 2 rings (SSSR count). The SMILES string of the molecule is CC1N2C(=O)C(NC=O)C2SC1(C)C. The smallest absolute Gasteiger partial charge is 0.249 e. The highest BCUT2D eigenvalue weighted by molar-refractivity contribution is 8.01. The summed E-state index contributed by atoms with van der Waals surface area (Å²) < 4.78 is 0.0830. The van der Waals surface area contributed by atoms with Crippen LogP contribution in [0.15, 0.2) is 0 Å². The molecular formula is C9H14N2O2S. The van der Waals surface area contributed by atoms with Crippen molar-refractivity contribution in [1.29, 1.82) is 0 Å². The monoisotopic (exact) mass is 214 g/mol. The summed E-state index contributed by atoms with van der Waals surface area (Å²) in [5.74, 6) is 0.0488. The first kappa shape index (κ1) is 9.83. The van der Waals surface area contributed by atoms with Crippen molar-refractivity contribution in [1.82, 2.24) is 10.2 Å². The Bertz CT molecular complexity index is 293. The molecule has 0 aliphatic carbocycles. The predicted molar refractivity (Wildman–Crippen MR) is 54.8 cm³/mol. The number of carbonyl (C=O) groups is 2. The van der Waals surface area contributed by atoms with Crippen LogP contribution in [0.25, 0.3) is 0 Å². The highest BCUT2D eigenvalue weighted by Gasteiger charge is 2.59. The maximum Gasteiger partial charge on any atom is 0.249 e. The van der Waals surface area contributed by atoms with Crippen LogP contribution in [0.5, 0.6) is 0 Å². The van der Waals surface area contributed by atoms with E-state index in [0.717, 1.165) is 0 Å². The summed E-state index contributed by atoms with van der Waals surface area (Å²) in [6.45, 7) is 6.32. The fourth-order valence-corrected chi connectivity index (χ4v) is 3.66. The van der Waals surface area contributed by atoms with E-state index in [4.69, 9.17) is 0 Å². The zero-order valence-electron chi connectivity index (χ0n) is 8.48. The first-order valence-electron chi connectivity index (χ1n) is 4.69. The molecule has 0 radical (unpaired) electrons. The highest BCUT2D eigenvalue weighted by atomic mass is 32.2. The van der Waals surface area contributed by atoms with Gasteiger partial charge in [-0.25, -0.2) is 0 Å². The Labute approximate surface area is 87.4 Å². The average molecular weight is 214 g/mol. The van der Waals surface area contributed by atoms with Crippen LogP contribution in [0.3, 0.4) is 0 Å². The Hall–Kier alpha value is -0.710. The third-order valence-electron chi connectivity index (χ3n) is 3.18. The number of fused-ring (bicyclic) bond motifs is 1. The van der Waals surface area contributed by atoms with Gasteiger partial charge in [0.1, 0.15) is 11.4 Å². The van der Waals surface area contributed by atoms with E-state index in [1.165, 1.54) is 0 Å². The fraction of sp³-hybridized carbons (Fsp3) is 0.778. The van der Waals surface area contributed by atoms with Crippen LogP contribution in [0.1, 0.15) is 20.8 Å². The van der Waals surface area contributed by atoms with Gasteiger partial charge in [-0.2, -0.15) is 0 Å². The number of nitrogens with zero attached hydrogens (tertiary/aromatic N) is 1. The standard InChI is InChI=1S/C9H14N2O2S/c1-5-9(2,3)14-8-6(10-4-12)7(13)11(5)8/h4-6,8H,1-3H3,(H,10,12). The van der Waals surface area contributed by atoms with E-state index in [9.17, 15) is 9.59 Å². The maximum atomic E-state index is 11.6. The minimum atomic E-state index is -0.304. The Balaban J connectivity index is 2.16. The van der Waals surface area contributed by atoms with E-state index in [0.29, 0.717) is 6.41 Å². The molecular weight excluding hydrogens is 200 g/mol. The second kappa shape index (κ2) is 2.89. The number of thioether (sulfide) groups is 1. The quantitative estimate of drug-likeness (QED) is 0.527. The highest BCUT2D eigenvalue weighted by Crippen LogP contribution is 2.50. The molecule has 0 aromatic heterocycles. The van der Waals surface area contributed by atoms with Gasteiger partial charge in [-0.15, -0.1) is 11.8 Å². The molecule has 78 valence electrons. The normalized spacial score (nSPS) is 38.9. The number of rotatable bonds is 2. The van der Waals surface area contributed by atoms with Gasteiger partial charge in [0, 0.05) is 10.8 Å². The average Bonchev–Trinajstić information content (AvgIpc) is 2.32. The van der Waals surface area contributed by atoms with Gasteiger partial charge in [0.05, 0.1) is 0 Å². The van der Waals surface area contributed by atoms with Gasteiger partial charge >= 0.3 is 0 Å². The lowest BCUT2D eigenvalue weighted by atomic mass is 9.98. The van der Waals surface area contributed by atoms with Crippen LogP contribution < -0.4 is 5.32 Å². The zero-order chi connectivity index (χ0) is 10.5. The molecule has 0 saturated carbocycles. The maximum absolute atomic E-state index is 11.6. The molecule has 4 nitrogen and oxygen atoms in total. The third kappa shape index (κ3) is 1.08. The summed E-state index contributed by atoms with van der Waals surface area (Å²) in [6, 6.07) is -0.0589. The van der Waals surface area contributed by atoms with Crippen LogP contribution in [0, 0.1) is 0 Å². The second-order valence-electron chi connectivity index (χ2n) is 4.30. The Morgan fingerprint density at radius 1 is 1.57 bits per heavy atom. The van der Waals surface area contributed by atoms with Crippen molar-refractivity contribution in [3.8, 4) is 0 Å². The molecule has 2 aliphatic heterocycles. The van der Waals surface area contributed by atoms with E-state index in [1.54, 1.807) is 11.8 Å². The van der Waals surface area contributed by atoms with E-state index in [2.05, 4.69) is 26.1 Å². The van der Waals surface area contributed by atoms with Gasteiger partial charge in [-0.05, 0) is 20.8 Å². The minimum Gasteiger partial charge on any atom is -0.344 e. The number of hydrogen-bond acceptors (Lipinski definition) is 3. The third-order valence-corrected chi connectivity index (χ3v) is 4.86. The van der Waals surface area contributed by atoms with Crippen molar-refractivity contribution in [3.05, 3.63) is 0 Å². The van der Waals surface area contributed by atoms with Crippen molar-refractivity contribution >= 4 is 24.1 Å². The Morgan fingerprint density at radius 3 is 2.79 bits per heavy atom. The lowest BCUT2D eigenvalue weighted by molar-refractivity contribution is -0.149. The van der Waals surface area contributed by atoms with Gasteiger partial charge in [-0.3, -0.25) is 9.59 Å². The van der Waals surface area contributed by atoms with Crippen LogP contribution in [-0.4, -0.2) is 39.4 Å². The van der Waals surface area contributed by atoms with Crippen molar-refractivity contribution < 1.29 is 9.59 Å². The summed E-state index contributed by atoms with van der Waals surface area (Å²) in [5, 5.41) is 2.71. The first-order chi connectivity index (χ1) is 6.49. The molecule has 0 bridgehead atoms. The van der Waals surface area contributed by atoms with E-state index >= 15 is 0 Å². The molecule has 2 heterocycles. The van der Waals surface area contributed by atoms with Gasteiger partial charge in [-0.1, -0.05) is 0 Å². The molecule has 0 aromatic carbocycles. The topological polar surface area (TPSA) is 49.4 Å². The molecule has 2 amide bonds. The van der Waals surface area contributed by atoms with Crippen molar-refractivity contribution in [3.63, 3.8) is 0 Å². The summed E-state index contributed by atoms with van der Waals surface area (Å²) in [5.41, 5.74) is 0. The summed E-state index contributed by atoms with van der Waals surface area (Å²) in [4.78, 5) is 23.8. The Morgan fingerprint density at radius 2 is 2.21 bits per heavy atom. The van der Waals surface area contributed by atoms with Crippen LogP contribution in [-0.2, 0) is 9.59 Å². The molecule has 2 saturated heterocycles. The molecule has 0 aromatic rings. The van der Waals surface area contributed by atoms with Gasteiger partial charge in [0.2, 0.25) is 12.3 Å². The number of hydrogen-bond donors (Lipinski definition) is 1. The van der Waals surface area contributed by atoms with Gasteiger partial charge in [0.15, 0.2) is 0 Å². The van der Waals surface area contributed by atoms with Gasteiger partial charge in [0.25, 0.3) is 0 Å². The largest absolute Gasteiger partial charge is 0.344 e. The second-order valence-corrected chi connectivity index (χ2v) is 6.07. The molecule has 14 heavy (non-hydrogen) atoms. The van der Waals surface area contributed by atoms with E-state index in [1.807, 2.05) is 4.90 Å². The van der Waals surface area contributed by atoms with E-state index in [-0.39, 0.29) is 28.1 Å². The number of carbonyl (C=O) groups excluding carboxylic acids is 2. The van der Waals surface area contributed by atoms with Crippen molar-refractivity contribution in [2.24, 2.45) is 0 Å². The molecule has 3 atom stereocenters. The first-order valence-corrected chi connectivity index (χ1v) is 5.56. The lowest BCUT2D eigenvalue weighted by Gasteiger charge is -2.43. The van der Waals surface area contributed by atoms with Crippen molar-refractivity contribution in [2.75, 3.05) is 0 Å². The molecule has 0 spiro atoms. The fourth-order valence-electron chi connectivity index (χ4n) is 1.99. The van der Waals surface area contributed by atoms with Crippen LogP contribution in [0.4, 0.5) is 0 Å². The minimum absolute atomic E-state index is 0.0488. The summed E-state index contributed by atoms with van der Waals surface area (Å²) in [6.07, 6.45) is 0.608. The number of β-lactam (4-membered cyclic amide) rings is 1. The van der Waals surface area contributed by atoms with Crippen molar-refractivity contribution in [2.45, 2.75) is 43.0 Å². The Kier molecular flexibility index (Phi) is 2.03. The lowest BCUT2D eigenvalue weighted by Crippen LogP contribution is -2.68. The number of amides is 2. The predicted octanol–water partition coefficient (Wildman–Crippen LogP) is 0.183. The zero-order valence-corrected chi connectivity index (χ0v) is 9.30. The van der Waals surface area contributed by atoms with Gasteiger partial charge < -0.3 is 10.2 Å². The molecule has 3 unspecified atom stereocenters. The summed E-state index contributed by atoms with van der Waals surface area (Å²) in [7, 11) is 0. The number of nitrogens with one attached hydrogen (secondary N) is 1. The summed E-state index contributed by atoms with van der Waals surface area (Å²) >= 11 is 1.76. The molecule has 2 aliphatic rings. The molecule has 1 N–H and O–H groups in total. The molecule has 5 heteroatoms. The van der Waals surface area contributed by atoms with E-state index < -0.39 is 0 Å². The molecule has 2 fully saturated rings.